The van der Waals surface area contributed by atoms with Crippen molar-refractivity contribution in [1.29, 1.82) is 0 Å². The number of hydrogen-bond donors (Lipinski definition) is 0. The maximum Gasteiger partial charge on any atom is 0.280 e. The van der Waals surface area contributed by atoms with Crippen LogP contribution >= 0.6 is 0 Å². The minimum atomic E-state index is -0.305. The first kappa shape index (κ1) is 10.2. The van der Waals surface area contributed by atoms with Crippen molar-refractivity contribution in [2.24, 2.45) is 0 Å². The zero-order valence-corrected chi connectivity index (χ0v) is 9.83. The van der Waals surface area contributed by atoms with Crippen LogP contribution in [0.25, 0.3) is 27.2 Å². The van der Waals surface area contributed by atoms with Gasteiger partial charge in [-0.3, -0.25) is 14.0 Å². The second-order valence-electron chi connectivity index (χ2n) is 4.47. The quantitative estimate of drug-likeness (QED) is 0.352. The Bertz CT molecular complexity index is 1050. The molecule has 0 aliphatic heterocycles. The topological polar surface area (TPSA) is 51.4 Å². The Hall–Kier alpha value is -2.75. The van der Waals surface area contributed by atoms with E-state index in [1.807, 2.05) is 22.6 Å². The van der Waals surface area contributed by atoms with Gasteiger partial charge in [0.05, 0.1) is 16.4 Å². The Morgan fingerprint density at radius 3 is 2.47 bits per heavy atom. The van der Waals surface area contributed by atoms with E-state index in [4.69, 9.17) is 0 Å². The first-order chi connectivity index (χ1) is 9.27. The van der Waals surface area contributed by atoms with Gasteiger partial charge in [0, 0.05) is 10.8 Å². The summed E-state index contributed by atoms with van der Waals surface area (Å²) in [4.78, 5) is 28.1. The van der Waals surface area contributed by atoms with Crippen molar-refractivity contribution in [1.82, 2.24) is 9.38 Å². The molecule has 4 heteroatoms. The molecule has 0 spiro atoms. The van der Waals surface area contributed by atoms with Gasteiger partial charge in [-0.05, 0) is 24.3 Å². The Kier molecular flexibility index (Phi) is 1.82. The third kappa shape index (κ3) is 1.20. The van der Waals surface area contributed by atoms with E-state index in [1.54, 1.807) is 24.3 Å². The molecule has 4 nitrogen and oxygen atoms in total. The second-order valence-corrected chi connectivity index (χ2v) is 4.47. The van der Waals surface area contributed by atoms with E-state index in [0.29, 0.717) is 21.7 Å². The number of pyridine rings is 1. The van der Waals surface area contributed by atoms with Crippen LogP contribution in [0.4, 0.5) is 0 Å². The van der Waals surface area contributed by atoms with Gasteiger partial charge < -0.3 is 0 Å². The fourth-order valence-corrected chi connectivity index (χ4v) is 2.60. The van der Waals surface area contributed by atoms with E-state index >= 15 is 0 Å². The maximum atomic E-state index is 12.5. The van der Waals surface area contributed by atoms with Crippen molar-refractivity contribution in [3.8, 4) is 0 Å². The van der Waals surface area contributed by atoms with Crippen molar-refractivity contribution in [3.63, 3.8) is 0 Å². The molecular formula is C15H8N2O2. The van der Waals surface area contributed by atoms with E-state index in [-0.39, 0.29) is 11.0 Å². The first-order valence-corrected chi connectivity index (χ1v) is 5.92. The summed E-state index contributed by atoms with van der Waals surface area (Å²) >= 11 is 0. The third-order valence-electron chi connectivity index (χ3n) is 3.45. The van der Waals surface area contributed by atoms with Gasteiger partial charge in [0.15, 0.2) is 5.43 Å². The van der Waals surface area contributed by atoms with Crippen LogP contribution in [0.1, 0.15) is 0 Å². The van der Waals surface area contributed by atoms with E-state index in [1.165, 1.54) is 6.33 Å². The van der Waals surface area contributed by atoms with E-state index in [0.717, 1.165) is 5.52 Å². The highest BCUT2D eigenvalue weighted by molar-refractivity contribution is 6.01. The van der Waals surface area contributed by atoms with Gasteiger partial charge in [-0.25, -0.2) is 0 Å². The molecule has 4 rings (SSSR count). The lowest BCUT2D eigenvalue weighted by molar-refractivity contribution is 1.10. The highest BCUT2D eigenvalue weighted by Crippen LogP contribution is 2.20. The fourth-order valence-electron chi connectivity index (χ4n) is 2.60. The zero-order chi connectivity index (χ0) is 13.0. The minimum Gasteiger partial charge on any atom is -0.299 e. The first-order valence-electron chi connectivity index (χ1n) is 5.92. The van der Waals surface area contributed by atoms with Crippen LogP contribution in [0.15, 0.2) is 58.4 Å². The van der Waals surface area contributed by atoms with Gasteiger partial charge in [0.2, 0.25) is 0 Å². The monoisotopic (exact) mass is 248 g/mol. The number of hydrogen-bond acceptors (Lipinski definition) is 3. The predicted molar refractivity (Wildman–Crippen MR) is 73.9 cm³/mol. The number of rotatable bonds is 0. The van der Waals surface area contributed by atoms with Crippen molar-refractivity contribution < 1.29 is 0 Å². The molecule has 0 amide bonds. The van der Waals surface area contributed by atoms with E-state index in [2.05, 4.69) is 4.98 Å². The number of nitrogens with zero attached hydrogens (tertiary/aromatic N) is 2. The molecule has 2 heterocycles. The molecule has 0 radical (unpaired) electrons. The molecule has 0 unspecified atom stereocenters. The molecule has 0 atom stereocenters. The summed E-state index contributed by atoms with van der Waals surface area (Å²) in [5.74, 6) is 0. The van der Waals surface area contributed by atoms with E-state index in [9.17, 15) is 9.59 Å². The Morgan fingerprint density at radius 1 is 0.842 bits per heavy atom. The highest BCUT2D eigenvalue weighted by atomic mass is 16.1. The predicted octanol–water partition coefficient (Wildman–Crippen LogP) is 1.80. The molecule has 4 aromatic rings. The fraction of sp³-hybridized carbons (Fsp3) is 0. The summed E-state index contributed by atoms with van der Waals surface area (Å²) < 4.78 is 1.81. The molecule has 0 fully saturated rings. The molecule has 0 aliphatic rings. The van der Waals surface area contributed by atoms with Gasteiger partial charge in [-0.1, -0.05) is 18.2 Å². The van der Waals surface area contributed by atoms with Crippen LogP contribution in [0.2, 0.25) is 0 Å². The Labute approximate surface area is 106 Å². The van der Waals surface area contributed by atoms with Gasteiger partial charge in [-0.15, -0.1) is 0 Å². The summed E-state index contributed by atoms with van der Waals surface area (Å²) in [6.07, 6.45) is 1.49. The van der Waals surface area contributed by atoms with E-state index < -0.39 is 0 Å². The average Bonchev–Trinajstić information content (AvgIpc) is 2.46. The molecule has 0 saturated heterocycles. The zero-order valence-electron chi connectivity index (χ0n) is 9.83. The van der Waals surface area contributed by atoms with Crippen LogP contribution in [-0.2, 0) is 0 Å². The lowest BCUT2D eigenvalue weighted by Crippen LogP contribution is -2.14. The van der Waals surface area contributed by atoms with Crippen LogP contribution in [0.3, 0.4) is 0 Å². The van der Waals surface area contributed by atoms with Gasteiger partial charge in [0.25, 0.3) is 5.56 Å². The largest absolute Gasteiger partial charge is 0.299 e. The summed E-state index contributed by atoms with van der Waals surface area (Å²) in [7, 11) is 0. The lowest BCUT2D eigenvalue weighted by Gasteiger charge is -2.09. The number of aromatic nitrogens is 2. The molecule has 2 aromatic carbocycles. The second kappa shape index (κ2) is 3.38. The van der Waals surface area contributed by atoms with Gasteiger partial charge >= 0.3 is 0 Å². The molecule has 2 aromatic heterocycles. The Balaban J connectivity index is 2.55. The molecule has 19 heavy (non-hydrogen) atoms. The average molecular weight is 248 g/mol. The summed E-state index contributed by atoms with van der Waals surface area (Å²) in [5, 5.41) is 1.66. The van der Waals surface area contributed by atoms with Crippen molar-refractivity contribution in [2.45, 2.75) is 0 Å². The number of para-hydroxylation sites is 2. The summed E-state index contributed by atoms with van der Waals surface area (Å²) in [6, 6.07) is 12.5. The van der Waals surface area contributed by atoms with Crippen molar-refractivity contribution >= 4 is 27.2 Å². The van der Waals surface area contributed by atoms with Crippen LogP contribution in [0.5, 0.6) is 0 Å². The SMILES string of the molecule is O=c1ncn2c3ccccc3c(=O)c3cccc1c32. The van der Waals surface area contributed by atoms with Crippen LogP contribution < -0.4 is 11.0 Å². The smallest absolute Gasteiger partial charge is 0.280 e. The molecule has 0 aliphatic carbocycles. The molecule has 0 saturated carbocycles. The molecule has 0 N–H and O–H groups in total. The minimum absolute atomic E-state index is 0.0493. The molecule has 90 valence electrons. The summed E-state index contributed by atoms with van der Waals surface area (Å²) in [5.41, 5.74) is 1.06. The molecular weight excluding hydrogens is 240 g/mol. The maximum absolute atomic E-state index is 12.5. The van der Waals surface area contributed by atoms with Crippen LogP contribution in [0, 0.1) is 0 Å². The highest BCUT2D eigenvalue weighted by Gasteiger charge is 2.12. The number of fused-ring (bicyclic) bond motifs is 2. The third-order valence-corrected chi connectivity index (χ3v) is 3.45. The summed E-state index contributed by atoms with van der Waals surface area (Å²) in [6.45, 7) is 0. The number of benzene rings is 2. The van der Waals surface area contributed by atoms with Crippen LogP contribution in [-0.4, -0.2) is 9.38 Å². The van der Waals surface area contributed by atoms with Gasteiger partial charge in [-0.2, -0.15) is 4.98 Å². The van der Waals surface area contributed by atoms with Crippen molar-refractivity contribution in [2.75, 3.05) is 0 Å². The van der Waals surface area contributed by atoms with Crippen molar-refractivity contribution in [3.05, 3.63) is 69.4 Å². The lowest BCUT2D eigenvalue weighted by atomic mass is 10.1. The Morgan fingerprint density at radius 2 is 1.58 bits per heavy atom. The van der Waals surface area contributed by atoms with Gasteiger partial charge in [0.1, 0.15) is 6.33 Å². The normalized spacial score (nSPS) is 11.6. The standard InChI is InChI=1S/C15H8N2O2/c18-14-9-4-1-2-7-12(9)17-8-16-15(19)11-6-3-5-10(14)13(11)17/h1-8H. The molecule has 0 bridgehead atoms.